The van der Waals surface area contributed by atoms with Crippen LogP contribution in [-0.2, 0) is 38.0 Å². The summed E-state index contributed by atoms with van der Waals surface area (Å²) in [6, 6.07) is 8.35. The van der Waals surface area contributed by atoms with Crippen molar-refractivity contribution in [1.29, 1.82) is 0 Å². The lowest BCUT2D eigenvalue weighted by molar-refractivity contribution is -0.294. The zero-order valence-corrected chi connectivity index (χ0v) is 34.5. The van der Waals surface area contributed by atoms with Crippen molar-refractivity contribution in [3.63, 3.8) is 0 Å². The number of cyclic esters (lactones) is 1. The van der Waals surface area contributed by atoms with Gasteiger partial charge in [-0.3, -0.25) is 14.5 Å². The second kappa shape index (κ2) is 18.2. The number of esters is 2. The van der Waals surface area contributed by atoms with E-state index in [1.54, 1.807) is 45.2 Å². The van der Waals surface area contributed by atoms with Gasteiger partial charge < -0.3 is 38.6 Å². The first kappa shape index (κ1) is 43.6. The van der Waals surface area contributed by atoms with Crippen LogP contribution in [0.25, 0.3) is 0 Å². The molecule has 1 amide bonds. The minimum absolute atomic E-state index is 0.0420. The normalized spacial score (nSPS) is 36.1. The van der Waals surface area contributed by atoms with Crippen molar-refractivity contribution in [2.45, 2.75) is 135 Å². The molecule has 10 atom stereocenters. The molecule has 304 valence electrons. The van der Waals surface area contributed by atoms with E-state index in [1.165, 1.54) is 0 Å². The first-order valence-electron chi connectivity index (χ1n) is 19.4. The van der Waals surface area contributed by atoms with Crippen LogP contribution in [0.3, 0.4) is 0 Å². The van der Waals surface area contributed by atoms with E-state index in [1.807, 2.05) is 66.7 Å². The fourth-order valence-corrected chi connectivity index (χ4v) is 8.31. The van der Waals surface area contributed by atoms with Crippen LogP contribution in [0.1, 0.15) is 91.4 Å². The number of ether oxygens (including phenoxy) is 6. The molecular formula is C41H65N3O10. The number of alkyl carbamates (subject to hydrolysis) is 1. The molecular weight excluding hydrogens is 694 g/mol. The van der Waals surface area contributed by atoms with Gasteiger partial charge in [-0.05, 0) is 112 Å². The Morgan fingerprint density at radius 1 is 1.02 bits per heavy atom. The van der Waals surface area contributed by atoms with Crippen molar-refractivity contribution < 1.29 is 47.6 Å². The molecule has 1 aliphatic carbocycles. The third-order valence-electron chi connectivity index (χ3n) is 11.3. The number of nitrogens with one attached hydrogen (secondary N) is 1. The summed E-state index contributed by atoms with van der Waals surface area (Å²) in [4.78, 5) is 57.8. The highest BCUT2D eigenvalue weighted by atomic mass is 16.7. The van der Waals surface area contributed by atoms with E-state index >= 15 is 0 Å². The van der Waals surface area contributed by atoms with Crippen molar-refractivity contribution in [1.82, 2.24) is 15.1 Å². The van der Waals surface area contributed by atoms with Crippen molar-refractivity contribution in [3.05, 3.63) is 35.9 Å². The number of Topliss-reactive ketones (excluding diaryl/α,β-unsaturated/α-hetero) is 1. The molecule has 0 aromatic heterocycles. The van der Waals surface area contributed by atoms with E-state index in [2.05, 4.69) is 17.1 Å². The van der Waals surface area contributed by atoms with Gasteiger partial charge >= 0.3 is 18.0 Å². The minimum atomic E-state index is -1.08. The van der Waals surface area contributed by atoms with Gasteiger partial charge in [-0.15, -0.1) is 0 Å². The van der Waals surface area contributed by atoms with Gasteiger partial charge in [0, 0.05) is 31.7 Å². The maximum Gasteiger partial charge on any atom is 0.407 e. The number of likely N-dealkylation sites (N-methyl/N-ethyl adjacent to an activating group) is 2. The Kier molecular flexibility index (Phi) is 14.7. The Morgan fingerprint density at radius 3 is 2.26 bits per heavy atom. The number of carbonyl (C=O) groups is 4. The predicted octanol–water partition coefficient (Wildman–Crippen LogP) is 5.10. The number of carbonyl (C=O) groups excluding carboxylic acids is 4. The zero-order valence-electron chi connectivity index (χ0n) is 34.5. The molecule has 1 unspecified atom stereocenters. The summed E-state index contributed by atoms with van der Waals surface area (Å²) in [7, 11) is 7.47. The number of rotatable bonds is 8. The third kappa shape index (κ3) is 11.0. The number of methoxy groups -OCH3 is 1. The summed E-state index contributed by atoms with van der Waals surface area (Å²) in [5, 5.41) is 2.96. The van der Waals surface area contributed by atoms with E-state index in [0.29, 0.717) is 37.8 Å². The maximum atomic E-state index is 14.2. The van der Waals surface area contributed by atoms with Crippen molar-refractivity contribution >= 4 is 23.8 Å². The Bertz CT molecular complexity index is 1430. The molecule has 0 radical (unpaired) electrons. The lowest BCUT2D eigenvalue weighted by Gasteiger charge is -2.47. The lowest BCUT2D eigenvalue weighted by Crippen LogP contribution is -2.60. The van der Waals surface area contributed by atoms with Crippen LogP contribution in [0.5, 0.6) is 0 Å². The Morgan fingerprint density at radius 2 is 1.67 bits per heavy atom. The number of nitrogens with zero attached hydrogens (tertiary/aromatic N) is 2. The van der Waals surface area contributed by atoms with E-state index < -0.39 is 59.6 Å². The lowest BCUT2D eigenvalue weighted by atomic mass is 9.75. The summed E-state index contributed by atoms with van der Waals surface area (Å²) in [5.74, 6) is -3.16. The molecule has 1 aromatic carbocycles. The van der Waals surface area contributed by atoms with Gasteiger partial charge in [0.15, 0.2) is 18.2 Å². The summed E-state index contributed by atoms with van der Waals surface area (Å²) in [6.07, 6.45) is -0.937. The number of ketones is 1. The Balaban J connectivity index is 1.60. The molecule has 0 spiro atoms. The summed E-state index contributed by atoms with van der Waals surface area (Å²) >= 11 is 0. The predicted molar refractivity (Wildman–Crippen MR) is 203 cm³/mol. The Hall–Kier alpha value is -3.10. The van der Waals surface area contributed by atoms with Crippen LogP contribution in [0, 0.1) is 23.7 Å². The van der Waals surface area contributed by atoms with E-state index in [4.69, 9.17) is 28.4 Å². The van der Waals surface area contributed by atoms with Gasteiger partial charge in [-0.2, -0.15) is 0 Å². The van der Waals surface area contributed by atoms with E-state index in [0.717, 1.165) is 0 Å². The average Bonchev–Trinajstić information content (AvgIpc) is 3.08. The minimum Gasteiger partial charge on any atom is -0.463 e. The molecule has 3 fully saturated rings. The molecule has 13 heteroatoms. The second-order valence-electron chi connectivity index (χ2n) is 17.3. The van der Waals surface area contributed by atoms with Gasteiger partial charge in [-0.25, -0.2) is 9.59 Å². The van der Waals surface area contributed by atoms with Gasteiger partial charge in [0.05, 0.1) is 29.4 Å². The van der Waals surface area contributed by atoms with Crippen LogP contribution < -0.4 is 5.32 Å². The molecule has 4 rings (SSSR count). The molecule has 2 saturated heterocycles. The number of amides is 1. The Labute approximate surface area is 322 Å². The third-order valence-corrected chi connectivity index (χ3v) is 11.3. The van der Waals surface area contributed by atoms with Gasteiger partial charge in [-0.1, -0.05) is 32.0 Å². The molecule has 1 saturated carbocycles. The SMILES string of the molecule is CO[C@]1(C)C[C@@H](C)CN(C)[C@H](C2CC(NC(=O)OC(C)(C)C)C2)COC(=O)C(C)C(=O)[C@H](C)[C@H]1O[C@@H]1O[C@H](C)C[C@H](N(C)C)[C@H]1OC(=O)c1ccccc1. The second-order valence-corrected chi connectivity index (χ2v) is 17.3. The molecule has 54 heavy (non-hydrogen) atoms. The zero-order chi connectivity index (χ0) is 40.1. The highest BCUT2D eigenvalue weighted by molar-refractivity contribution is 6.00. The maximum absolute atomic E-state index is 14.2. The fraction of sp³-hybridized carbons (Fsp3) is 0.756. The highest BCUT2D eigenvalue weighted by Gasteiger charge is 2.50. The van der Waals surface area contributed by atoms with Crippen LogP contribution in [-0.4, -0.2) is 129 Å². The quantitative estimate of drug-likeness (QED) is 0.214. The number of hydrogen-bond acceptors (Lipinski definition) is 12. The number of hydrogen-bond donors (Lipinski definition) is 1. The molecule has 0 bridgehead atoms. The highest BCUT2D eigenvalue weighted by Crippen LogP contribution is 2.39. The van der Waals surface area contributed by atoms with Crippen molar-refractivity contribution in [2.24, 2.45) is 23.7 Å². The van der Waals surface area contributed by atoms with E-state index in [-0.39, 0.29) is 48.5 Å². The largest absolute Gasteiger partial charge is 0.463 e. The molecule has 2 aliphatic heterocycles. The summed E-state index contributed by atoms with van der Waals surface area (Å²) < 4.78 is 37.1. The average molecular weight is 760 g/mol. The standard InChI is InChI=1S/C41H65N3O10/c1-24-21-41(8,49-12)35(53-38-34(31(43(9)10)18-25(2)51-38)52-37(47)28-16-14-13-15-17-28)26(3)33(45)27(4)36(46)50-23-32(44(11)22-24)29-19-30(20-29)42-39(48)54-40(5,6)7/h13-17,24-27,29-32,34-35,38H,18-23H2,1-12H3,(H,42,48)/t24-,25-,26+,27?,29?,30?,31+,32+,34-,35-,38+,41-/m1/s1. The van der Waals surface area contributed by atoms with Crippen molar-refractivity contribution in [3.8, 4) is 0 Å². The number of benzene rings is 1. The first-order valence-corrected chi connectivity index (χ1v) is 19.4. The monoisotopic (exact) mass is 759 g/mol. The first-order chi connectivity index (χ1) is 25.2. The molecule has 3 aliphatic rings. The van der Waals surface area contributed by atoms with E-state index in [9.17, 15) is 19.2 Å². The van der Waals surface area contributed by atoms with Crippen LogP contribution in [0.4, 0.5) is 4.79 Å². The topological polar surface area (TPSA) is 142 Å². The van der Waals surface area contributed by atoms with Gasteiger partial charge in [0.1, 0.15) is 18.1 Å². The molecule has 13 nitrogen and oxygen atoms in total. The van der Waals surface area contributed by atoms with Crippen LogP contribution >= 0.6 is 0 Å². The van der Waals surface area contributed by atoms with Crippen LogP contribution in [0.15, 0.2) is 30.3 Å². The summed E-state index contributed by atoms with van der Waals surface area (Å²) in [5.41, 5.74) is -1.21. The molecule has 1 N–H and O–H groups in total. The fourth-order valence-electron chi connectivity index (χ4n) is 8.31. The van der Waals surface area contributed by atoms with Crippen molar-refractivity contribution in [2.75, 3.05) is 41.4 Å². The molecule has 2 heterocycles. The molecule has 1 aromatic rings. The van der Waals surface area contributed by atoms with Gasteiger partial charge in [0.25, 0.3) is 0 Å². The summed E-state index contributed by atoms with van der Waals surface area (Å²) in [6.45, 7) is 15.6. The van der Waals surface area contributed by atoms with Gasteiger partial charge in [0.2, 0.25) is 0 Å². The van der Waals surface area contributed by atoms with Crippen LogP contribution in [0.2, 0.25) is 0 Å². The smallest absolute Gasteiger partial charge is 0.407 e.